The highest BCUT2D eigenvalue weighted by atomic mass is 16.5. The third-order valence-electron chi connectivity index (χ3n) is 6.26. The minimum absolute atomic E-state index is 0.331. The fourth-order valence-electron chi connectivity index (χ4n) is 4.87. The van der Waals surface area contributed by atoms with E-state index < -0.39 is 0 Å². The summed E-state index contributed by atoms with van der Waals surface area (Å²) in [6.07, 6.45) is 8.40. The Morgan fingerprint density at radius 3 is 2.55 bits per heavy atom. The lowest BCUT2D eigenvalue weighted by Crippen LogP contribution is -2.47. The zero-order valence-electron chi connectivity index (χ0n) is 14.4. The van der Waals surface area contributed by atoms with Gasteiger partial charge in [0.15, 0.2) is 0 Å². The van der Waals surface area contributed by atoms with Crippen molar-refractivity contribution in [2.45, 2.75) is 57.4 Å². The van der Waals surface area contributed by atoms with Crippen molar-refractivity contribution in [3.8, 4) is 0 Å². The monoisotopic (exact) mass is 308 g/mol. The molecule has 0 N–H and O–H groups in total. The van der Waals surface area contributed by atoms with Crippen molar-refractivity contribution in [1.82, 2.24) is 9.80 Å². The smallest absolute Gasteiger partial charge is 0.225 e. The van der Waals surface area contributed by atoms with E-state index in [9.17, 15) is 4.79 Å². The summed E-state index contributed by atoms with van der Waals surface area (Å²) in [7, 11) is 1.79. The van der Waals surface area contributed by atoms with E-state index in [4.69, 9.17) is 4.74 Å². The molecule has 0 aromatic heterocycles. The summed E-state index contributed by atoms with van der Waals surface area (Å²) in [6, 6.07) is 0. The topological polar surface area (TPSA) is 32.8 Å². The Labute approximate surface area is 135 Å². The van der Waals surface area contributed by atoms with Crippen molar-refractivity contribution in [3.05, 3.63) is 0 Å². The van der Waals surface area contributed by atoms with Gasteiger partial charge in [0.25, 0.3) is 0 Å². The van der Waals surface area contributed by atoms with E-state index in [-0.39, 0.29) is 0 Å². The number of amides is 1. The van der Waals surface area contributed by atoms with E-state index in [1.807, 2.05) is 0 Å². The van der Waals surface area contributed by atoms with E-state index >= 15 is 0 Å². The lowest BCUT2D eigenvalue weighted by atomic mass is 9.75. The average Bonchev–Trinajstić information content (AvgIpc) is 2.73. The van der Waals surface area contributed by atoms with Crippen molar-refractivity contribution >= 4 is 5.91 Å². The SMILES string of the molecule is COCCN1CCCC12CCCN(C(=O)C1CC(C)C1)CC2. The van der Waals surface area contributed by atoms with Gasteiger partial charge in [-0.3, -0.25) is 9.69 Å². The average molecular weight is 308 g/mol. The Hall–Kier alpha value is -0.610. The first kappa shape index (κ1) is 16.3. The molecule has 1 spiro atoms. The van der Waals surface area contributed by atoms with Gasteiger partial charge in [0.05, 0.1) is 6.61 Å². The third-order valence-corrected chi connectivity index (χ3v) is 6.26. The molecule has 0 radical (unpaired) electrons. The van der Waals surface area contributed by atoms with E-state index in [2.05, 4.69) is 16.7 Å². The summed E-state index contributed by atoms with van der Waals surface area (Å²) in [6.45, 7) is 7.27. The van der Waals surface area contributed by atoms with Gasteiger partial charge >= 0.3 is 0 Å². The van der Waals surface area contributed by atoms with Gasteiger partial charge in [0.2, 0.25) is 5.91 Å². The molecule has 0 bridgehead atoms. The third kappa shape index (κ3) is 3.18. The molecule has 2 saturated heterocycles. The van der Waals surface area contributed by atoms with Crippen LogP contribution in [0.25, 0.3) is 0 Å². The van der Waals surface area contributed by atoms with Gasteiger partial charge in [-0.05, 0) is 57.4 Å². The number of methoxy groups -OCH3 is 1. The molecule has 3 fully saturated rings. The van der Waals surface area contributed by atoms with E-state index in [1.54, 1.807) is 7.11 Å². The molecule has 1 atom stereocenters. The zero-order valence-corrected chi connectivity index (χ0v) is 14.4. The minimum Gasteiger partial charge on any atom is -0.383 e. The molecule has 1 unspecified atom stereocenters. The van der Waals surface area contributed by atoms with Gasteiger partial charge in [0, 0.05) is 38.2 Å². The molecule has 4 nitrogen and oxygen atoms in total. The van der Waals surface area contributed by atoms with E-state index in [1.165, 1.54) is 25.8 Å². The second-order valence-electron chi connectivity index (χ2n) is 7.76. The van der Waals surface area contributed by atoms with Crippen LogP contribution in [-0.4, -0.2) is 61.1 Å². The number of carbonyl (C=O) groups excluding carboxylic acids is 1. The molecule has 1 amide bonds. The predicted octanol–water partition coefficient (Wildman–Crippen LogP) is 2.53. The minimum atomic E-state index is 0.331. The quantitative estimate of drug-likeness (QED) is 0.800. The second kappa shape index (κ2) is 6.88. The van der Waals surface area contributed by atoms with Crippen LogP contribution >= 0.6 is 0 Å². The largest absolute Gasteiger partial charge is 0.383 e. The Bertz CT molecular complexity index is 395. The van der Waals surface area contributed by atoms with Crippen LogP contribution < -0.4 is 0 Å². The normalized spacial score (nSPS) is 36.4. The lowest BCUT2D eigenvalue weighted by molar-refractivity contribution is -0.139. The van der Waals surface area contributed by atoms with Gasteiger partial charge in [-0.15, -0.1) is 0 Å². The predicted molar refractivity (Wildman–Crippen MR) is 87.7 cm³/mol. The number of hydrogen-bond donors (Lipinski definition) is 0. The Morgan fingerprint density at radius 1 is 1.14 bits per heavy atom. The molecule has 22 heavy (non-hydrogen) atoms. The first-order valence-corrected chi connectivity index (χ1v) is 9.17. The first-order chi connectivity index (χ1) is 10.6. The molecular weight excluding hydrogens is 276 g/mol. The first-order valence-electron chi connectivity index (χ1n) is 9.17. The molecule has 4 heteroatoms. The fraction of sp³-hybridized carbons (Fsp3) is 0.944. The van der Waals surface area contributed by atoms with Crippen LogP contribution in [0, 0.1) is 11.8 Å². The van der Waals surface area contributed by atoms with Crippen LogP contribution in [0.4, 0.5) is 0 Å². The molecule has 3 rings (SSSR count). The number of rotatable bonds is 4. The standard InChI is InChI=1S/C18H32N2O2/c1-15-13-16(14-15)17(21)19-8-3-5-18(7-10-19)6-4-9-20(18)11-12-22-2/h15-16H,3-14H2,1-2H3. The van der Waals surface area contributed by atoms with Crippen molar-refractivity contribution < 1.29 is 9.53 Å². The number of ether oxygens (including phenoxy) is 1. The molecular formula is C18H32N2O2. The van der Waals surface area contributed by atoms with Gasteiger partial charge in [-0.2, -0.15) is 0 Å². The van der Waals surface area contributed by atoms with Crippen molar-refractivity contribution in [2.75, 3.05) is 39.9 Å². The number of hydrogen-bond acceptors (Lipinski definition) is 3. The van der Waals surface area contributed by atoms with E-state index in [0.29, 0.717) is 17.4 Å². The molecule has 126 valence electrons. The van der Waals surface area contributed by atoms with Crippen molar-refractivity contribution in [2.24, 2.45) is 11.8 Å². The summed E-state index contributed by atoms with van der Waals surface area (Å²) >= 11 is 0. The van der Waals surface area contributed by atoms with Gasteiger partial charge in [-0.1, -0.05) is 6.92 Å². The van der Waals surface area contributed by atoms with Gasteiger partial charge in [-0.25, -0.2) is 0 Å². The molecule has 2 aliphatic heterocycles. The van der Waals surface area contributed by atoms with Crippen molar-refractivity contribution in [3.63, 3.8) is 0 Å². The molecule has 1 saturated carbocycles. The Balaban J connectivity index is 1.58. The lowest BCUT2D eigenvalue weighted by Gasteiger charge is -2.38. The Morgan fingerprint density at radius 2 is 1.86 bits per heavy atom. The number of nitrogens with zero attached hydrogens (tertiary/aromatic N) is 2. The second-order valence-corrected chi connectivity index (χ2v) is 7.76. The van der Waals surface area contributed by atoms with Crippen LogP contribution in [0.5, 0.6) is 0 Å². The van der Waals surface area contributed by atoms with Crippen LogP contribution in [0.2, 0.25) is 0 Å². The highest BCUT2D eigenvalue weighted by Crippen LogP contribution is 2.39. The van der Waals surface area contributed by atoms with Crippen LogP contribution in [0.1, 0.15) is 51.9 Å². The summed E-state index contributed by atoms with van der Waals surface area (Å²) in [5, 5.41) is 0. The van der Waals surface area contributed by atoms with Gasteiger partial charge in [0.1, 0.15) is 0 Å². The van der Waals surface area contributed by atoms with Crippen LogP contribution in [-0.2, 0) is 9.53 Å². The summed E-state index contributed by atoms with van der Waals surface area (Å²) < 4.78 is 5.29. The zero-order chi connectivity index (χ0) is 15.6. The highest BCUT2D eigenvalue weighted by Gasteiger charge is 2.43. The van der Waals surface area contributed by atoms with Crippen LogP contribution in [0.15, 0.2) is 0 Å². The summed E-state index contributed by atoms with van der Waals surface area (Å²) in [4.78, 5) is 17.5. The fourth-order valence-corrected chi connectivity index (χ4v) is 4.87. The number of carbonyl (C=O) groups is 1. The Kier molecular flexibility index (Phi) is 5.08. The molecule has 3 aliphatic rings. The summed E-state index contributed by atoms with van der Waals surface area (Å²) in [5.41, 5.74) is 0.348. The van der Waals surface area contributed by atoms with Crippen LogP contribution in [0.3, 0.4) is 0 Å². The molecule has 1 aliphatic carbocycles. The van der Waals surface area contributed by atoms with E-state index in [0.717, 1.165) is 57.8 Å². The molecule has 0 aromatic carbocycles. The summed E-state index contributed by atoms with van der Waals surface area (Å²) in [5.74, 6) is 1.53. The molecule has 2 heterocycles. The maximum absolute atomic E-state index is 12.6. The molecule has 0 aromatic rings. The number of likely N-dealkylation sites (tertiary alicyclic amines) is 2. The maximum Gasteiger partial charge on any atom is 0.225 e. The van der Waals surface area contributed by atoms with Crippen molar-refractivity contribution in [1.29, 1.82) is 0 Å². The van der Waals surface area contributed by atoms with Gasteiger partial charge < -0.3 is 9.64 Å². The maximum atomic E-state index is 12.6. The highest BCUT2D eigenvalue weighted by molar-refractivity contribution is 5.79.